The molecule has 1 aliphatic carbocycles. The maximum Gasteiger partial charge on any atom is 0.323 e. The number of carbonyl (C=O) groups is 2. The van der Waals surface area contributed by atoms with Crippen molar-refractivity contribution in [3.05, 3.63) is 0 Å². The lowest BCUT2D eigenvalue weighted by Crippen LogP contribution is -2.39. The van der Waals surface area contributed by atoms with Gasteiger partial charge in [0.05, 0.1) is 14.2 Å². The van der Waals surface area contributed by atoms with Crippen molar-refractivity contribution in [3.63, 3.8) is 0 Å². The SMILES string of the molecule is COC(=O)C1(C(=O)OC)C[C@@H](C)[C@@H](C(C)(C)C)C1. The number of rotatable bonds is 2. The van der Waals surface area contributed by atoms with Crippen LogP contribution in [0.5, 0.6) is 0 Å². The first-order chi connectivity index (χ1) is 8.19. The highest BCUT2D eigenvalue weighted by Gasteiger charge is 2.58. The second kappa shape index (κ2) is 4.90. The first-order valence-corrected chi connectivity index (χ1v) is 6.36. The van der Waals surface area contributed by atoms with Gasteiger partial charge in [0.1, 0.15) is 0 Å². The Morgan fingerprint density at radius 3 is 1.78 bits per heavy atom. The molecule has 0 amide bonds. The summed E-state index contributed by atoms with van der Waals surface area (Å²) < 4.78 is 9.66. The van der Waals surface area contributed by atoms with Crippen LogP contribution in [0.3, 0.4) is 0 Å². The van der Waals surface area contributed by atoms with Crippen LogP contribution in [-0.4, -0.2) is 26.2 Å². The zero-order valence-electron chi connectivity index (χ0n) is 12.2. The minimum Gasteiger partial charge on any atom is -0.468 e. The molecule has 1 saturated carbocycles. The Hall–Kier alpha value is -1.06. The van der Waals surface area contributed by atoms with Crippen molar-refractivity contribution in [2.24, 2.45) is 22.7 Å². The largest absolute Gasteiger partial charge is 0.468 e. The summed E-state index contributed by atoms with van der Waals surface area (Å²) in [6.45, 7) is 8.50. The molecule has 104 valence electrons. The first-order valence-electron chi connectivity index (χ1n) is 6.36. The summed E-state index contributed by atoms with van der Waals surface area (Å²) in [6.07, 6.45) is 1.02. The molecule has 18 heavy (non-hydrogen) atoms. The second-order valence-corrected chi connectivity index (χ2v) is 6.42. The molecule has 0 unspecified atom stereocenters. The van der Waals surface area contributed by atoms with Gasteiger partial charge < -0.3 is 9.47 Å². The monoisotopic (exact) mass is 256 g/mol. The standard InChI is InChI=1S/C14H24O4/c1-9-7-14(11(15)17-5,12(16)18-6)8-10(9)13(2,3)4/h9-10H,7-8H2,1-6H3/t9-,10+/m1/s1. The maximum absolute atomic E-state index is 12.0. The highest BCUT2D eigenvalue weighted by molar-refractivity contribution is 6.00. The third-order valence-corrected chi connectivity index (χ3v) is 4.19. The van der Waals surface area contributed by atoms with Crippen LogP contribution in [0.1, 0.15) is 40.5 Å². The molecule has 0 aromatic carbocycles. The van der Waals surface area contributed by atoms with Crippen LogP contribution in [0.4, 0.5) is 0 Å². The van der Waals surface area contributed by atoms with E-state index < -0.39 is 17.4 Å². The van der Waals surface area contributed by atoms with Crippen LogP contribution in [0.15, 0.2) is 0 Å². The van der Waals surface area contributed by atoms with Gasteiger partial charge in [-0.3, -0.25) is 9.59 Å². The van der Waals surface area contributed by atoms with Crippen LogP contribution >= 0.6 is 0 Å². The van der Waals surface area contributed by atoms with Gasteiger partial charge in [0.15, 0.2) is 5.41 Å². The molecule has 1 rings (SSSR count). The summed E-state index contributed by atoms with van der Waals surface area (Å²) in [5.74, 6) is -0.334. The Morgan fingerprint density at radius 1 is 1.06 bits per heavy atom. The summed E-state index contributed by atoms with van der Waals surface area (Å²) >= 11 is 0. The molecular formula is C14H24O4. The Bertz CT molecular complexity index is 324. The number of esters is 2. The van der Waals surface area contributed by atoms with E-state index in [4.69, 9.17) is 9.47 Å². The Kier molecular flexibility index (Phi) is 4.08. The summed E-state index contributed by atoms with van der Waals surface area (Å²) in [4.78, 5) is 24.1. The zero-order valence-corrected chi connectivity index (χ0v) is 12.2. The van der Waals surface area contributed by atoms with Gasteiger partial charge >= 0.3 is 11.9 Å². The minimum absolute atomic E-state index is 0.0587. The quantitative estimate of drug-likeness (QED) is 0.562. The van der Waals surface area contributed by atoms with Gasteiger partial charge in [-0.1, -0.05) is 27.7 Å². The van der Waals surface area contributed by atoms with Crippen LogP contribution in [0.2, 0.25) is 0 Å². The fraction of sp³-hybridized carbons (Fsp3) is 0.857. The number of methoxy groups -OCH3 is 2. The Balaban J connectivity index is 3.11. The van der Waals surface area contributed by atoms with E-state index in [9.17, 15) is 9.59 Å². The van der Waals surface area contributed by atoms with Crippen LogP contribution in [0.25, 0.3) is 0 Å². The molecule has 1 aliphatic rings. The van der Waals surface area contributed by atoms with E-state index in [0.29, 0.717) is 24.7 Å². The molecule has 0 aromatic heterocycles. The number of hydrogen-bond donors (Lipinski definition) is 0. The Labute approximate surface area is 109 Å². The van der Waals surface area contributed by atoms with E-state index in [-0.39, 0.29) is 5.41 Å². The molecule has 4 nitrogen and oxygen atoms in total. The zero-order chi connectivity index (χ0) is 14.1. The molecule has 2 atom stereocenters. The van der Waals surface area contributed by atoms with Gasteiger partial charge in [-0.2, -0.15) is 0 Å². The van der Waals surface area contributed by atoms with Gasteiger partial charge in [0, 0.05) is 0 Å². The highest BCUT2D eigenvalue weighted by Crippen LogP contribution is 2.53. The fourth-order valence-electron chi connectivity index (χ4n) is 3.32. The van der Waals surface area contributed by atoms with Crippen molar-refractivity contribution in [2.75, 3.05) is 14.2 Å². The highest BCUT2D eigenvalue weighted by atomic mass is 16.5. The van der Waals surface area contributed by atoms with E-state index in [1.807, 2.05) is 0 Å². The lowest BCUT2D eigenvalue weighted by atomic mass is 9.74. The molecule has 0 bridgehead atoms. The fourth-order valence-corrected chi connectivity index (χ4v) is 3.32. The number of carbonyl (C=O) groups excluding carboxylic acids is 2. The predicted molar refractivity (Wildman–Crippen MR) is 67.8 cm³/mol. The van der Waals surface area contributed by atoms with E-state index in [2.05, 4.69) is 27.7 Å². The van der Waals surface area contributed by atoms with Gasteiger partial charge in [-0.15, -0.1) is 0 Å². The lowest BCUT2D eigenvalue weighted by molar-refractivity contribution is -0.169. The lowest BCUT2D eigenvalue weighted by Gasteiger charge is -2.31. The summed E-state index contributed by atoms with van der Waals surface area (Å²) in [7, 11) is 2.64. The average molecular weight is 256 g/mol. The van der Waals surface area contributed by atoms with E-state index in [0.717, 1.165) is 0 Å². The van der Waals surface area contributed by atoms with Crippen molar-refractivity contribution >= 4 is 11.9 Å². The van der Waals surface area contributed by atoms with E-state index in [1.165, 1.54) is 14.2 Å². The molecule has 0 aromatic rings. The maximum atomic E-state index is 12.0. The van der Waals surface area contributed by atoms with Gasteiger partial charge in [0.25, 0.3) is 0 Å². The topological polar surface area (TPSA) is 52.6 Å². The molecule has 0 radical (unpaired) electrons. The molecule has 0 N–H and O–H groups in total. The second-order valence-electron chi connectivity index (χ2n) is 6.42. The third-order valence-electron chi connectivity index (χ3n) is 4.19. The summed E-state index contributed by atoms with van der Waals surface area (Å²) in [6, 6.07) is 0. The third kappa shape index (κ3) is 2.38. The molecule has 1 fully saturated rings. The van der Waals surface area contributed by atoms with Crippen molar-refractivity contribution in [2.45, 2.75) is 40.5 Å². The molecule has 0 saturated heterocycles. The summed E-state index contributed by atoms with van der Waals surface area (Å²) in [5, 5.41) is 0. The molecule has 0 spiro atoms. The number of hydrogen-bond acceptors (Lipinski definition) is 4. The van der Waals surface area contributed by atoms with Crippen molar-refractivity contribution in [3.8, 4) is 0 Å². The molecular weight excluding hydrogens is 232 g/mol. The molecule has 0 aliphatic heterocycles. The van der Waals surface area contributed by atoms with Crippen LogP contribution in [-0.2, 0) is 19.1 Å². The molecule has 0 heterocycles. The van der Waals surface area contributed by atoms with E-state index >= 15 is 0 Å². The summed E-state index contributed by atoms with van der Waals surface area (Å²) in [5.41, 5.74) is -1.05. The minimum atomic E-state index is -1.11. The van der Waals surface area contributed by atoms with Crippen molar-refractivity contribution in [1.29, 1.82) is 0 Å². The van der Waals surface area contributed by atoms with Crippen molar-refractivity contribution < 1.29 is 19.1 Å². The van der Waals surface area contributed by atoms with E-state index in [1.54, 1.807) is 0 Å². The molecule has 4 heteroatoms. The average Bonchev–Trinajstić information content (AvgIpc) is 2.66. The first kappa shape index (κ1) is 15.0. The van der Waals surface area contributed by atoms with Crippen molar-refractivity contribution in [1.82, 2.24) is 0 Å². The smallest absolute Gasteiger partial charge is 0.323 e. The normalized spacial score (nSPS) is 26.8. The number of ether oxygens (including phenoxy) is 2. The Morgan fingerprint density at radius 2 is 1.50 bits per heavy atom. The van der Waals surface area contributed by atoms with Crippen LogP contribution < -0.4 is 0 Å². The van der Waals surface area contributed by atoms with Gasteiger partial charge in [0.2, 0.25) is 0 Å². The van der Waals surface area contributed by atoms with Gasteiger partial charge in [-0.05, 0) is 30.1 Å². The van der Waals surface area contributed by atoms with Gasteiger partial charge in [-0.25, -0.2) is 0 Å². The predicted octanol–water partition coefficient (Wildman–Crippen LogP) is 2.41. The van der Waals surface area contributed by atoms with Crippen LogP contribution in [0, 0.1) is 22.7 Å².